The summed E-state index contributed by atoms with van der Waals surface area (Å²) in [4.78, 5) is 0. The van der Waals surface area contributed by atoms with Crippen LogP contribution in [0.1, 0.15) is 24.1 Å². The molecule has 1 heterocycles. The topological polar surface area (TPSA) is 12.0 Å². The first-order valence-corrected chi connectivity index (χ1v) is 9.22. The van der Waals surface area contributed by atoms with E-state index in [1.807, 2.05) is 0 Å². The Morgan fingerprint density at radius 2 is 2.00 bits per heavy atom. The maximum atomic E-state index is 3.65. The van der Waals surface area contributed by atoms with E-state index in [2.05, 4.69) is 90.4 Å². The Morgan fingerprint density at radius 3 is 2.58 bits per heavy atom. The fourth-order valence-electron chi connectivity index (χ4n) is 2.03. The molecule has 0 radical (unpaired) electrons. The van der Waals surface area contributed by atoms with E-state index >= 15 is 0 Å². The molecule has 1 unspecified atom stereocenters. The number of halogens is 3. The Hall–Kier alpha value is 0.320. The molecular formula is C14H14Br3NS. The third kappa shape index (κ3) is 4.39. The zero-order valence-corrected chi connectivity index (χ0v) is 16.0. The van der Waals surface area contributed by atoms with Crippen molar-refractivity contribution in [2.75, 3.05) is 6.54 Å². The van der Waals surface area contributed by atoms with E-state index < -0.39 is 0 Å². The summed E-state index contributed by atoms with van der Waals surface area (Å²) in [6, 6.07) is 11.0. The molecule has 1 aromatic carbocycles. The summed E-state index contributed by atoms with van der Waals surface area (Å²) in [5.41, 5.74) is 2.65. The summed E-state index contributed by atoms with van der Waals surface area (Å²) < 4.78 is 3.48. The summed E-state index contributed by atoms with van der Waals surface area (Å²) in [5.74, 6) is 0. The molecule has 0 amide bonds. The van der Waals surface area contributed by atoms with Gasteiger partial charge in [0.2, 0.25) is 0 Å². The number of thiophene rings is 1. The fraction of sp³-hybridized carbons (Fsp3) is 0.286. The normalized spacial score (nSPS) is 12.6. The third-order valence-corrected chi connectivity index (χ3v) is 5.72. The molecule has 1 atom stereocenters. The Morgan fingerprint density at radius 1 is 1.21 bits per heavy atom. The minimum absolute atomic E-state index is 0.330. The van der Waals surface area contributed by atoms with Gasteiger partial charge in [-0.1, -0.05) is 35.0 Å². The minimum Gasteiger partial charge on any atom is -0.310 e. The predicted octanol–water partition coefficient (Wildman–Crippen LogP) is 5.93. The highest BCUT2D eigenvalue weighted by Gasteiger charge is 2.17. The fourth-order valence-corrected chi connectivity index (χ4v) is 5.45. The number of nitrogens with one attached hydrogen (secondary N) is 1. The summed E-state index contributed by atoms with van der Waals surface area (Å²) in [6.07, 6.45) is 0.981. The second kappa shape index (κ2) is 7.36. The molecule has 102 valence electrons. The van der Waals surface area contributed by atoms with Crippen LogP contribution in [-0.4, -0.2) is 6.54 Å². The molecule has 0 aliphatic rings. The molecule has 0 saturated carbocycles. The third-order valence-electron chi connectivity index (χ3n) is 2.84. The quantitative estimate of drug-likeness (QED) is 0.574. The first-order chi connectivity index (χ1) is 9.10. The monoisotopic (exact) mass is 465 g/mol. The lowest BCUT2D eigenvalue weighted by Gasteiger charge is -2.18. The molecule has 0 bridgehead atoms. The van der Waals surface area contributed by atoms with E-state index in [4.69, 9.17) is 0 Å². The molecule has 19 heavy (non-hydrogen) atoms. The second-order valence-corrected chi connectivity index (χ2v) is 8.89. The van der Waals surface area contributed by atoms with Gasteiger partial charge < -0.3 is 5.32 Å². The Kier molecular flexibility index (Phi) is 6.09. The van der Waals surface area contributed by atoms with E-state index in [1.165, 1.54) is 14.9 Å². The molecular weight excluding hydrogens is 454 g/mol. The maximum Gasteiger partial charge on any atom is 0.0758 e. The van der Waals surface area contributed by atoms with Crippen molar-refractivity contribution in [1.29, 1.82) is 0 Å². The number of benzene rings is 1. The van der Waals surface area contributed by atoms with Crippen molar-refractivity contribution < 1.29 is 0 Å². The van der Waals surface area contributed by atoms with Crippen LogP contribution in [0.15, 0.2) is 42.4 Å². The molecule has 0 aliphatic heterocycles. The van der Waals surface area contributed by atoms with Gasteiger partial charge in [0.05, 0.1) is 7.57 Å². The minimum atomic E-state index is 0.330. The van der Waals surface area contributed by atoms with Crippen LogP contribution in [-0.2, 0) is 6.42 Å². The SMILES string of the molecule is CCNC(Cc1cccc(Br)c1)c1cc(Br)sc1Br. The van der Waals surface area contributed by atoms with Crippen molar-refractivity contribution in [1.82, 2.24) is 5.32 Å². The summed E-state index contributed by atoms with van der Waals surface area (Å²) >= 11 is 12.5. The van der Waals surface area contributed by atoms with Crippen LogP contribution in [0.2, 0.25) is 0 Å². The number of rotatable bonds is 5. The molecule has 5 heteroatoms. The van der Waals surface area contributed by atoms with Gasteiger partial charge in [0.1, 0.15) is 0 Å². The molecule has 0 saturated heterocycles. The van der Waals surface area contributed by atoms with Gasteiger partial charge in [-0.2, -0.15) is 0 Å². The van der Waals surface area contributed by atoms with Crippen LogP contribution in [0.4, 0.5) is 0 Å². The van der Waals surface area contributed by atoms with Gasteiger partial charge >= 0.3 is 0 Å². The second-order valence-electron chi connectivity index (χ2n) is 4.22. The summed E-state index contributed by atoms with van der Waals surface area (Å²) in [7, 11) is 0. The summed E-state index contributed by atoms with van der Waals surface area (Å²) in [6.45, 7) is 3.10. The Balaban J connectivity index is 2.23. The van der Waals surface area contributed by atoms with Crippen molar-refractivity contribution in [2.45, 2.75) is 19.4 Å². The zero-order chi connectivity index (χ0) is 13.8. The van der Waals surface area contributed by atoms with E-state index in [9.17, 15) is 0 Å². The van der Waals surface area contributed by atoms with Gasteiger partial charge in [-0.3, -0.25) is 0 Å². The van der Waals surface area contributed by atoms with Crippen LogP contribution in [0, 0.1) is 0 Å². The van der Waals surface area contributed by atoms with Crippen LogP contribution in [0.3, 0.4) is 0 Å². The molecule has 1 N–H and O–H groups in total. The molecule has 1 aromatic heterocycles. The van der Waals surface area contributed by atoms with Crippen LogP contribution in [0.25, 0.3) is 0 Å². The van der Waals surface area contributed by atoms with E-state index in [-0.39, 0.29) is 0 Å². The van der Waals surface area contributed by atoms with Crippen molar-refractivity contribution in [3.8, 4) is 0 Å². The Labute approximate surface area is 143 Å². The number of hydrogen-bond acceptors (Lipinski definition) is 2. The van der Waals surface area contributed by atoms with Crippen molar-refractivity contribution >= 4 is 59.1 Å². The van der Waals surface area contributed by atoms with Gasteiger partial charge in [-0.25, -0.2) is 0 Å². The van der Waals surface area contributed by atoms with Gasteiger partial charge in [0, 0.05) is 10.5 Å². The highest BCUT2D eigenvalue weighted by molar-refractivity contribution is 9.12. The molecule has 2 aromatic rings. The molecule has 0 aliphatic carbocycles. The smallest absolute Gasteiger partial charge is 0.0758 e. The van der Waals surface area contributed by atoms with Crippen LogP contribution < -0.4 is 5.32 Å². The highest BCUT2D eigenvalue weighted by atomic mass is 79.9. The average molecular weight is 468 g/mol. The van der Waals surface area contributed by atoms with Gasteiger partial charge in [0.15, 0.2) is 0 Å². The summed E-state index contributed by atoms with van der Waals surface area (Å²) in [5, 5.41) is 3.56. The lowest BCUT2D eigenvalue weighted by atomic mass is 10.0. The van der Waals surface area contributed by atoms with Crippen molar-refractivity contribution in [3.05, 3.63) is 53.5 Å². The molecule has 0 spiro atoms. The number of likely N-dealkylation sites (N-methyl/N-ethyl adjacent to an activating group) is 1. The maximum absolute atomic E-state index is 3.65. The van der Waals surface area contributed by atoms with Crippen LogP contribution in [0.5, 0.6) is 0 Å². The van der Waals surface area contributed by atoms with Gasteiger partial charge in [-0.05, 0) is 74.2 Å². The van der Waals surface area contributed by atoms with E-state index in [1.54, 1.807) is 11.3 Å². The lowest BCUT2D eigenvalue weighted by molar-refractivity contribution is 0.549. The molecule has 1 nitrogen and oxygen atoms in total. The standard InChI is InChI=1S/C14H14Br3NS/c1-2-18-12(11-8-13(16)19-14(11)17)7-9-4-3-5-10(15)6-9/h3-6,8,12,18H,2,7H2,1H3. The largest absolute Gasteiger partial charge is 0.310 e. The van der Waals surface area contributed by atoms with Gasteiger partial charge in [-0.15, -0.1) is 11.3 Å². The average Bonchev–Trinajstić information content (AvgIpc) is 2.68. The van der Waals surface area contributed by atoms with E-state index in [0.29, 0.717) is 6.04 Å². The highest BCUT2D eigenvalue weighted by Crippen LogP contribution is 2.36. The Bertz CT molecular complexity index is 553. The first-order valence-electron chi connectivity index (χ1n) is 6.02. The predicted molar refractivity (Wildman–Crippen MR) is 94.0 cm³/mol. The van der Waals surface area contributed by atoms with Gasteiger partial charge in [0.25, 0.3) is 0 Å². The molecule has 2 rings (SSSR count). The number of hydrogen-bond donors (Lipinski definition) is 1. The van der Waals surface area contributed by atoms with Crippen molar-refractivity contribution in [2.24, 2.45) is 0 Å². The van der Waals surface area contributed by atoms with Crippen molar-refractivity contribution in [3.63, 3.8) is 0 Å². The van der Waals surface area contributed by atoms with E-state index in [0.717, 1.165) is 21.2 Å². The molecule has 0 fully saturated rings. The lowest BCUT2D eigenvalue weighted by Crippen LogP contribution is -2.22. The van der Waals surface area contributed by atoms with Crippen LogP contribution >= 0.6 is 59.1 Å². The first kappa shape index (κ1) is 15.7. The zero-order valence-electron chi connectivity index (χ0n) is 10.4.